The molecular weight excluding hydrogens is 182 g/mol. The maximum absolute atomic E-state index is 12.0. The van der Waals surface area contributed by atoms with Gasteiger partial charge in [0.2, 0.25) is 0 Å². The number of carbonyl (C=O) groups excluding carboxylic acids is 1. The highest BCUT2D eigenvalue weighted by Crippen LogP contribution is 2.13. The molecule has 0 bridgehead atoms. The minimum atomic E-state index is -3.04. The molecule has 0 aromatic carbocycles. The maximum atomic E-state index is 12.0. The van der Waals surface area contributed by atoms with Crippen LogP contribution in [0.2, 0.25) is 0 Å². The highest BCUT2D eigenvalue weighted by Gasteiger charge is 2.22. The van der Waals surface area contributed by atoms with E-state index in [0.29, 0.717) is 6.20 Å². The average Bonchev–Trinajstić information content (AvgIpc) is 2.17. The van der Waals surface area contributed by atoms with Gasteiger partial charge in [0.1, 0.15) is 17.9 Å². The second-order valence-electron chi connectivity index (χ2n) is 3.66. The number of allylic oxidation sites excluding steroid dienone is 1. The number of amides is 1. The lowest BCUT2D eigenvalue weighted by Gasteiger charge is -2.27. The molecule has 4 heteroatoms. The maximum Gasteiger partial charge on any atom is 0.414 e. The molecule has 0 aliphatic carbocycles. The van der Waals surface area contributed by atoms with Crippen LogP contribution in [0.5, 0.6) is 0 Å². The second kappa shape index (κ2) is 3.90. The lowest BCUT2D eigenvalue weighted by atomic mass is 10.2. The summed E-state index contributed by atoms with van der Waals surface area (Å²) < 4.78 is 61.6. The normalized spacial score (nSPS) is 32.6. The summed E-state index contributed by atoms with van der Waals surface area (Å²) in [6.45, 7) is -4.16. The molecule has 0 unspecified atom stereocenters. The van der Waals surface area contributed by atoms with Gasteiger partial charge in [-0.15, -0.1) is 0 Å². The zero-order valence-corrected chi connectivity index (χ0v) is 8.25. The fraction of sp³-hybridized carbons (Fsp3) is 0.700. The van der Waals surface area contributed by atoms with E-state index in [-0.39, 0.29) is 4.90 Å². The largest absolute Gasteiger partial charge is 0.495 e. The molecule has 1 rings (SSSR count). The summed E-state index contributed by atoms with van der Waals surface area (Å²) in [5.74, 6) is -0.825. The van der Waals surface area contributed by atoms with Gasteiger partial charge in [0.05, 0.1) is 12.0 Å². The third-order valence-corrected chi connectivity index (χ3v) is 1.16. The zero-order chi connectivity index (χ0) is 16.9. The SMILES string of the molecule is [2H]C([2H])([2H])C1=CN(C(=O)OC(C)(C)C)C([2H])([2H])C([2H])([2H])O1. The summed E-state index contributed by atoms with van der Waals surface area (Å²) in [6.07, 6.45) is -0.594. The molecule has 0 radical (unpaired) electrons. The molecule has 0 atom stereocenters. The first kappa shape index (κ1) is 4.55. The molecule has 0 aromatic rings. The molecule has 0 aromatic heterocycles. The van der Waals surface area contributed by atoms with Gasteiger partial charge in [-0.3, -0.25) is 4.90 Å². The van der Waals surface area contributed by atoms with Crippen LogP contribution in [0.4, 0.5) is 4.79 Å². The van der Waals surface area contributed by atoms with E-state index in [1.807, 2.05) is 0 Å². The van der Waals surface area contributed by atoms with Crippen LogP contribution < -0.4 is 0 Å². The highest BCUT2D eigenvalue weighted by atomic mass is 16.6. The van der Waals surface area contributed by atoms with Gasteiger partial charge in [0, 0.05) is 10.3 Å². The Morgan fingerprint density at radius 2 is 2.50 bits per heavy atom. The van der Waals surface area contributed by atoms with Gasteiger partial charge in [0.15, 0.2) is 0 Å². The van der Waals surface area contributed by atoms with Crippen molar-refractivity contribution >= 4 is 6.09 Å². The van der Waals surface area contributed by atoms with Gasteiger partial charge in [-0.25, -0.2) is 4.79 Å². The van der Waals surface area contributed by atoms with Crippen molar-refractivity contribution in [3.8, 4) is 0 Å². The van der Waals surface area contributed by atoms with Crippen LogP contribution in [-0.2, 0) is 9.47 Å². The molecule has 0 N–H and O–H groups in total. The molecule has 1 aliphatic heterocycles. The lowest BCUT2D eigenvalue weighted by Crippen LogP contribution is -2.37. The fourth-order valence-electron chi connectivity index (χ4n) is 0.712. The van der Waals surface area contributed by atoms with E-state index in [1.165, 1.54) is 0 Å². The number of ether oxygens (including phenoxy) is 2. The van der Waals surface area contributed by atoms with Crippen molar-refractivity contribution < 1.29 is 23.9 Å². The molecule has 1 heterocycles. The van der Waals surface area contributed by atoms with Crippen molar-refractivity contribution in [2.75, 3.05) is 13.1 Å². The second-order valence-corrected chi connectivity index (χ2v) is 3.66. The van der Waals surface area contributed by atoms with Gasteiger partial charge in [-0.1, -0.05) is 0 Å². The van der Waals surface area contributed by atoms with Gasteiger partial charge in [-0.05, 0) is 27.6 Å². The summed E-state index contributed by atoms with van der Waals surface area (Å²) in [5.41, 5.74) is -0.952. The third-order valence-electron chi connectivity index (χ3n) is 1.16. The quantitative estimate of drug-likeness (QED) is 0.609. The molecule has 1 aliphatic rings. The first-order valence-corrected chi connectivity index (χ1v) is 4.01. The standard InChI is InChI=1S/C10H17NO3/c1-8-7-11(5-6-13-8)9(12)14-10(2,3)4/h7H,5-6H2,1-4H3/i1D3,5D2,6D2. The van der Waals surface area contributed by atoms with Crippen LogP contribution in [0.1, 0.15) is 37.2 Å². The summed E-state index contributed by atoms with van der Waals surface area (Å²) in [7, 11) is 0. The molecule has 0 saturated heterocycles. The van der Waals surface area contributed by atoms with Crippen LogP contribution >= 0.6 is 0 Å². The average molecular weight is 206 g/mol. The van der Waals surface area contributed by atoms with Crippen LogP contribution in [0, 0.1) is 0 Å². The lowest BCUT2D eigenvalue weighted by molar-refractivity contribution is 0.0247. The topological polar surface area (TPSA) is 38.8 Å². The van der Waals surface area contributed by atoms with E-state index in [0.717, 1.165) is 0 Å². The molecule has 0 fully saturated rings. The van der Waals surface area contributed by atoms with Crippen molar-refractivity contribution in [3.63, 3.8) is 0 Å². The van der Waals surface area contributed by atoms with E-state index in [2.05, 4.69) is 4.74 Å². The molecule has 80 valence electrons. The van der Waals surface area contributed by atoms with Crippen molar-refractivity contribution in [3.05, 3.63) is 12.0 Å². The molecule has 1 amide bonds. The Morgan fingerprint density at radius 3 is 3.07 bits per heavy atom. The summed E-state index contributed by atoms with van der Waals surface area (Å²) >= 11 is 0. The Hall–Kier alpha value is -1.19. The molecule has 0 spiro atoms. The van der Waals surface area contributed by atoms with E-state index in [1.54, 1.807) is 20.8 Å². The van der Waals surface area contributed by atoms with Crippen LogP contribution in [-0.4, -0.2) is 29.7 Å². The Morgan fingerprint density at radius 1 is 1.79 bits per heavy atom. The Balaban J connectivity index is 3.27. The first-order chi connectivity index (χ1) is 9.08. The minimum Gasteiger partial charge on any atom is -0.495 e. The molecule has 14 heavy (non-hydrogen) atoms. The number of nitrogens with zero attached hydrogens (tertiary/aromatic N) is 1. The highest BCUT2D eigenvalue weighted by molar-refractivity contribution is 5.69. The van der Waals surface area contributed by atoms with Crippen molar-refractivity contribution in [1.29, 1.82) is 0 Å². The Bertz CT molecular complexity index is 464. The van der Waals surface area contributed by atoms with E-state index < -0.39 is 37.4 Å². The number of carbonyl (C=O) groups is 1. The van der Waals surface area contributed by atoms with E-state index >= 15 is 0 Å². The van der Waals surface area contributed by atoms with Gasteiger partial charge in [-0.2, -0.15) is 0 Å². The smallest absolute Gasteiger partial charge is 0.414 e. The van der Waals surface area contributed by atoms with E-state index in [4.69, 9.17) is 14.3 Å². The minimum absolute atomic E-state index is 0.267. The zero-order valence-electron chi connectivity index (χ0n) is 15.2. The molecule has 4 nitrogen and oxygen atoms in total. The van der Waals surface area contributed by atoms with Crippen LogP contribution in [0.3, 0.4) is 0 Å². The van der Waals surface area contributed by atoms with Crippen molar-refractivity contribution in [1.82, 2.24) is 4.90 Å². The van der Waals surface area contributed by atoms with E-state index in [9.17, 15) is 4.79 Å². The van der Waals surface area contributed by atoms with Gasteiger partial charge in [0.25, 0.3) is 0 Å². The first-order valence-electron chi connectivity index (χ1n) is 7.51. The Kier molecular flexibility index (Phi) is 1.27. The number of hydrogen-bond acceptors (Lipinski definition) is 3. The summed E-state index contributed by atoms with van der Waals surface area (Å²) in [6, 6.07) is 0. The predicted octanol–water partition coefficient (Wildman–Crippen LogP) is 2.12. The van der Waals surface area contributed by atoms with Crippen LogP contribution in [0.15, 0.2) is 12.0 Å². The summed E-state index contributed by atoms with van der Waals surface area (Å²) in [4.78, 5) is 12.3. The Labute approximate surface area is 94.3 Å². The monoisotopic (exact) mass is 206 g/mol. The van der Waals surface area contributed by atoms with Crippen molar-refractivity contribution in [2.45, 2.75) is 33.2 Å². The van der Waals surface area contributed by atoms with Crippen molar-refractivity contribution in [2.24, 2.45) is 0 Å². The molecule has 0 saturated carbocycles. The summed E-state index contributed by atoms with van der Waals surface area (Å²) in [5, 5.41) is 0. The third kappa shape index (κ3) is 3.28. The van der Waals surface area contributed by atoms with Gasteiger partial charge >= 0.3 is 6.09 Å². The predicted molar refractivity (Wildman–Crippen MR) is 52.6 cm³/mol. The number of rotatable bonds is 0. The van der Waals surface area contributed by atoms with Gasteiger partial charge < -0.3 is 9.47 Å². The number of hydrogen-bond donors (Lipinski definition) is 0. The van der Waals surface area contributed by atoms with Crippen LogP contribution in [0.25, 0.3) is 0 Å². The molecular formula is C10H17NO3. The fourth-order valence-corrected chi connectivity index (χ4v) is 0.712.